The molecule has 26 heavy (non-hydrogen) atoms. The maximum Gasteiger partial charge on any atom is 0.328 e. The van der Waals surface area contributed by atoms with Crippen LogP contribution in [0.1, 0.15) is 34.6 Å². The van der Waals surface area contributed by atoms with Crippen molar-refractivity contribution in [1.29, 1.82) is 0 Å². The molecule has 138 valence electrons. The summed E-state index contributed by atoms with van der Waals surface area (Å²) in [6.07, 6.45) is 1.54. The van der Waals surface area contributed by atoms with Gasteiger partial charge in [-0.25, -0.2) is 4.79 Å². The van der Waals surface area contributed by atoms with E-state index in [1.165, 1.54) is 22.7 Å². The third-order valence-corrected chi connectivity index (χ3v) is 4.77. The number of carbonyl (C=O) groups is 2. The lowest BCUT2D eigenvalue weighted by Gasteiger charge is -2.34. The molecule has 1 aliphatic rings. The monoisotopic (exact) mass is 356 g/mol. The number of aliphatic carboxylic acids is 1. The van der Waals surface area contributed by atoms with Crippen LogP contribution in [-0.2, 0) is 11.3 Å². The second-order valence-corrected chi connectivity index (χ2v) is 6.75. The van der Waals surface area contributed by atoms with Crippen LogP contribution in [0.5, 0.6) is 0 Å². The summed E-state index contributed by atoms with van der Waals surface area (Å²) in [5.74, 6) is -1.12. The van der Waals surface area contributed by atoms with Crippen LogP contribution >= 0.6 is 0 Å². The number of benzene rings is 1. The largest absolute Gasteiger partial charge is 0.480 e. The van der Waals surface area contributed by atoms with E-state index in [0.29, 0.717) is 18.8 Å². The maximum absolute atomic E-state index is 12.6. The first kappa shape index (κ1) is 18.1. The van der Waals surface area contributed by atoms with Crippen LogP contribution in [0.3, 0.4) is 0 Å². The predicted octanol–water partition coefficient (Wildman–Crippen LogP) is 1.80. The lowest BCUT2D eigenvalue weighted by molar-refractivity contribution is -0.140. The number of amides is 1. The highest BCUT2D eigenvalue weighted by atomic mass is 16.4. The zero-order chi connectivity index (χ0) is 18.7. The molecule has 1 aromatic carbocycles. The molecule has 2 heterocycles. The van der Waals surface area contributed by atoms with Gasteiger partial charge in [0.2, 0.25) is 0 Å². The van der Waals surface area contributed by atoms with Crippen LogP contribution in [0, 0.1) is 6.92 Å². The number of carboxylic acid groups (broad SMARTS) is 1. The van der Waals surface area contributed by atoms with Gasteiger partial charge in [-0.15, -0.1) is 0 Å². The van der Waals surface area contributed by atoms with Gasteiger partial charge >= 0.3 is 5.97 Å². The highest BCUT2D eigenvalue weighted by molar-refractivity contribution is 5.92. The van der Waals surface area contributed by atoms with Gasteiger partial charge in [0.1, 0.15) is 11.7 Å². The van der Waals surface area contributed by atoms with E-state index < -0.39 is 12.0 Å². The Morgan fingerprint density at radius 2 is 1.77 bits per heavy atom. The third kappa shape index (κ3) is 4.11. The molecule has 0 aliphatic carbocycles. The average Bonchev–Trinajstić information content (AvgIpc) is 3.13. The minimum absolute atomic E-state index is 0.142. The Hall–Kier alpha value is -2.67. The second kappa shape index (κ2) is 7.70. The van der Waals surface area contributed by atoms with Crippen LogP contribution in [0.15, 0.2) is 36.5 Å². The van der Waals surface area contributed by atoms with Gasteiger partial charge in [-0.05, 0) is 25.5 Å². The minimum atomic E-state index is -0.975. The summed E-state index contributed by atoms with van der Waals surface area (Å²) in [7, 11) is 0. The van der Waals surface area contributed by atoms with E-state index >= 15 is 0 Å². The Morgan fingerprint density at radius 3 is 2.38 bits per heavy atom. The standard InChI is InChI=1S/C19H24N4O3/c1-14-3-5-16(6-4-14)13-21-9-11-22(12-10-21)18(24)17-7-8-23(20-17)15(2)19(25)26/h3-8,15H,9-13H2,1-2H3,(H,25,26). The summed E-state index contributed by atoms with van der Waals surface area (Å²) in [5.41, 5.74) is 2.82. The number of hydrogen-bond donors (Lipinski definition) is 1. The van der Waals surface area contributed by atoms with Crippen molar-refractivity contribution in [3.05, 3.63) is 53.3 Å². The number of rotatable bonds is 5. The van der Waals surface area contributed by atoms with Crippen molar-refractivity contribution in [1.82, 2.24) is 19.6 Å². The molecule has 1 atom stereocenters. The fourth-order valence-electron chi connectivity index (χ4n) is 3.00. The smallest absolute Gasteiger partial charge is 0.328 e. The quantitative estimate of drug-likeness (QED) is 0.884. The van der Waals surface area contributed by atoms with Crippen molar-refractivity contribution in [3.8, 4) is 0 Å². The molecule has 1 aliphatic heterocycles. The molecule has 3 rings (SSSR count). The fraction of sp³-hybridized carbons (Fsp3) is 0.421. The van der Waals surface area contributed by atoms with Crippen molar-refractivity contribution < 1.29 is 14.7 Å². The molecule has 0 spiro atoms. The summed E-state index contributed by atoms with van der Waals surface area (Å²) in [6.45, 7) is 7.41. The number of aryl methyl sites for hydroxylation is 1. The molecule has 1 amide bonds. The molecule has 0 bridgehead atoms. The lowest BCUT2D eigenvalue weighted by Crippen LogP contribution is -2.48. The molecule has 1 N–H and O–H groups in total. The highest BCUT2D eigenvalue weighted by Crippen LogP contribution is 2.13. The van der Waals surface area contributed by atoms with E-state index in [2.05, 4.69) is 41.2 Å². The van der Waals surface area contributed by atoms with Crippen LogP contribution in [0.2, 0.25) is 0 Å². The van der Waals surface area contributed by atoms with Gasteiger partial charge in [0.25, 0.3) is 5.91 Å². The zero-order valence-corrected chi connectivity index (χ0v) is 15.1. The third-order valence-electron chi connectivity index (χ3n) is 4.77. The summed E-state index contributed by atoms with van der Waals surface area (Å²) < 4.78 is 1.31. The van der Waals surface area contributed by atoms with Crippen molar-refractivity contribution in [2.24, 2.45) is 0 Å². The number of piperazine rings is 1. The molecule has 0 radical (unpaired) electrons. The molecular formula is C19H24N4O3. The molecule has 0 saturated carbocycles. The van der Waals surface area contributed by atoms with E-state index in [9.17, 15) is 9.59 Å². The fourth-order valence-corrected chi connectivity index (χ4v) is 3.00. The Kier molecular flexibility index (Phi) is 5.37. The van der Waals surface area contributed by atoms with Gasteiger partial charge in [0.15, 0.2) is 0 Å². The van der Waals surface area contributed by atoms with Crippen molar-refractivity contribution >= 4 is 11.9 Å². The molecular weight excluding hydrogens is 332 g/mol. The molecule has 1 unspecified atom stereocenters. The van der Waals surface area contributed by atoms with Gasteiger partial charge in [-0.1, -0.05) is 29.8 Å². The summed E-state index contributed by atoms with van der Waals surface area (Å²) >= 11 is 0. The number of carbonyl (C=O) groups excluding carboxylic acids is 1. The van der Waals surface area contributed by atoms with E-state index in [1.807, 2.05) is 0 Å². The number of hydrogen-bond acceptors (Lipinski definition) is 4. The summed E-state index contributed by atoms with van der Waals surface area (Å²) in [6, 6.07) is 9.31. The Bertz CT molecular complexity index is 776. The van der Waals surface area contributed by atoms with Crippen LogP contribution in [0.4, 0.5) is 0 Å². The minimum Gasteiger partial charge on any atom is -0.480 e. The lowest BCUT2D eigenvalue weighted by atomic mass is 10.1. The van der Waals surface area contributed by atoms with Crippen LogP contribution < -0.4 is 0 Å². The van der Waals surface area contributed by atoms with Crippen LogP contribution in [-0.4, -0.2) is 62.7 Å². The van der Waals surface area contributed by atoms with Gasteiger partial charge in [0.05, 0.1) is 0 Å². The average molecular weight is 356 g/mol. The maximum atomic E-state index is 12.6. The first-order valence-corrected chi connectivity index (χ1v) is 8.79. The topological polar surface area (TPSA) is 78.7 Å². The Balaban J connectivity index is 1.55. The first-order valence-electron chi connectivity index (χ1n) is 8.79. The molecule has 1 fully saturated rings. The van der Waals surface area contributed by atoms with Crippen LogP contribution in [0.25, 0.3) is 0 Å². The van der Waals surface area contributed by atoms with Gasteiger partial charge in [-0.2, -0.15) is 5.10 Å². The summed E-state index contributed by atoms with van der Waals surface area (Å²) in [4.78, 5) is 27.7. The van der Waals surface area contributed by atoms with Crippen molar-refractivity contribution in [3.63, 3.8) is 0 Å². The van der Waals surface area contributed by atoms with Crippen molar-refractivity contribution in [2.75, 3.05) is 26.2 Å². The number of nitrogens with zero attached hydrogens (tertiary/aromatic N) is 4. The Labute approximate surface area is 152 Å². The zero-order valence-electron chi connectivity index (χ0n) is 15.1. The molecule has 1 aromatic heterocycles. The molecule has 1 saturated heterocycles. The van der Waals surface area contributed by atoms with E-state index in [0.717, 1.165) is 19.6 Å². The molecule has 7 nitrogen and oxygen atoms in total. The molecule has 2 aromatic rings. The first-order chi connectivity index (χ1) is 12.4. The van der Waals surface area contributed by atoms with E-state index in [-0.39, 0.29) is 5.91 Å². The second-order valence-electron chi connectivity index (χ2n) is 6.75. The number of aromatic nitrogens is 2. The Morgan fingerprint density at radius 1 is 1.12 bits per heavy atom. The van der Waals surface area contributed by atoms with Crippen molar-refractivity contribution in [2.45, 2.75) is 26.4 Å². The van der Waals surface area contributed by atoms with Gasteiger partial charge < -0.3 is 10.0 Å². The molecule has 7 heteroatoms. The summed E-state index contributed by atoms with van der Waals surface area (Å²) in [5, 5.41) is 13.2. The number of carboxylic acids is 1. The van der Waals surface area contributed by atoms with E-state index in [1.54, 1.807) is 17.2 Å². The van der Waals surface area contributed by atoms with Gasteiger partial charge in [-0.3, -0.25) is 14.4 Å². The predicted molar refractivity (Wildman–Crippen MR) is 96.9 cm³/mol. The van der Waals surface area contributed by atoms with Gasteiger partial charge in [0, 0.05) is 38.9 Å². The van der Waals surface area contributed by atoms with E-state index in [4.69, 9.17) is 5.11 Å². The normalized spacial score (nSPS) is 16.5. The highest BCUT2D eigenvalue weighted by Gasteiger charge is 2.24. The SMILES string of the molecule is Cc1ccc(CN2CCN(C(=O)c3ccn(C(C)C(=O)O)n3)CC2)cc1.